The quantitative estimate of drug-likeness (QED) is 0.466. The highest BCUT2D eigenvalue weighted by molar-refractivity contribution is 6.30. The number of benzene rings is 2. The normalized spacial score (nSPS) is 11.8. The van der Waals surface area contributed by atoms with Gasteiger partial charge in [0.1, 0.15) is 11.9 Å². The molecule has 0 aliphatic rings. The van der Waals surface area contributed by atoms with Gasteiger partial charge in [0.15, 0.2) is 0 Å². The van der Waals surface area contributed by atoms with E-state index in [4.69, 9.17) is 16.3 Å². The molecule has 0 aliphatic carbocycles. The molecule has 1 unspecified atom stereocenters. The fraction of sp³-hybridized carbons (Fsp3) is 0.188. The maximum absolute atomic E-state index is 13.1. The fourth-order valence-corrected chi connectivity index (χ4v) is 2.21. The van der Waals surface area contributed by atoms with Crippen LogP contribution >= 0.6 is 11.6 Å². The minimum atomic E-state index is -0.583. The van der Waals surface area contributed by atoms with Crippen molar-refractivity contribution in [2.75, 3.05) is 0 Å². The molecule has 0 spiro atoms. The molecule has 0 aromatic heterocycles. The maximum atomic E-state index is 13.1. The van der Waals surface area contributed by atoms with Gasteiger partial charge in [0, 0.05) is 18.6 Å². The summed E-state index contributed by atoms with van der Waals surface area (Å²) in [7, 11) is 0. The van der Waals surface area contributed by atoms with Gasteiger partial charge in [-0.15, -0.1) is 0 Å². The number of esters is 1. The third-order valence-corrected chi connectivity index (χ3v) is 3.42. The van der Waals surface area contributed by atoms with Gasteiger partial charge in [0.25, 0.3) is 5.69 Å². The first-order valence-corrected chi connectivity index (χ1v) is 7.14. The summed E-state index contributed by atoms with van der Waals surface area (Å²) in [6, 6.07) is 9.44. The number of carbonyl (C=O) groups excluding carboxylic acids is 1. The van der Waals surface area contributed by atoms with Crippen LogP contribution in [0.3, 0.4) is 0 Å². The van der Waals surface area contributed by atoms with Crippen molar-refractivity contribution in [1.29, 1.82) is 0 Å². The standard InChI is InChI=1S/C16H13ClFNO4/c1-10(8-11-2-7-15(18)14(17)9-11)23-16(20)12-3-5-13(6-4-12)19(21)22/h2-7,9-10H,8H2,1H3. The van der Waals surface area contributed by atoms with Crippen molar-refractivity contribution in [3.8, 4) is 0 Å². The van der Waals surface area contributed by atoms with Crippen molar-refractivity contribution in [2.24, 2.45) is 0 Å². The summed E-state index contributed by atoms with van der Waals surface area (Å²) in [6.45, 7) is 1.69. The largest absolute Gasteiger partial charge is 0.459 e. The van der Waals surface area contributed by atoms with Crippen LogP contribution in [0, 0.1) is 15.9 Å². The number of non-ortho nitro benzene ring substituents is 1. The highest BCUT2D eigenvalue weighted by Crippen LogP contribution is 2.18. The Balaban J connectivity index is 1.98. The second kappa shape index (κ2) is 7.19. The first kappa shape index (κ1) is 16.9. The predicted octanol–water partition coefficient (Wildman–Crippen LogP) is 4.18. The minimum absolute atomic E-state index is 0.0106. The lowest BCUT2D eigenvalue weighted by atomic mass is 10.1. The molecule has 0 saturated carbocycles. The maximum Gasteiger partial charge on any atom is 0.338 e. The molecule has 5 nitrogen and oxygen atoms in total. The van der Waals surface area contributed by atoms with E-state index < -0.39 is 22.8 Å². The van der Waals surface area contributed by atoms with E-state index in [1.807, 2.05) is 0 Å². The second-order valence-electron chi connectivity index (χ2n) is 4.97. The summed E-state index contributed by atoms with van der Waals surface area (Å²) in [4.78, 5) is 22.0. The molecule has 2 rings (SSSR count). The second-order valence-corrected chi connectivity index (χ2v) is 5.38. The fourth-order valence-electron chi connectivity index (χ4n) is 2.01. The number of nitrogens with zero attached hydrogens (tertiary/aromatic N) is 1. The molecule has 0 fully saturated rings. The molecule has 120 valence electrons. The molecule has 0 bridgehead atoms. The molecule has 2 aromatic carbocycles. The van der Waals surface area contributed by atoms with Crippen LogP contribution in [0.1, 0.15) is 22.8 Å². The van der Waals surface area contributed by atoms with E-state index in [0.29, 0.717) is 6.42 Å². The van der Waals surface area contributed by atoms with Gasteiger partial charge >= 0.3 is 5.97 Å². The Kier molecular flexibility index (Phi) is 5.28. The Morgan fingerprint density at radius 1 is 1.30 bits per heavy atom. The van der Waals surface area contributed by atoms with E-state index in [-0.39, 0.29) is 16.3 Å². The average Bonchev–Trinajstić information content (AvgIpc) is 2.51. The van der Waals surface area contributed by atoms with Crippen molar-refractivity contribution >= 4 is 23.3 Å². The van der Waals surface area contributed by atoms with Gasteiger partial charge in [-0.3, -0.25) is 10.1 Å². The van der Waals surface area contributed by atoms with Gasteiger partial charge in [0.2, 0.25) is 0 Å². The summed E-state index contributed by atoms with van der Waals surface area (Å²) in [6.07, 6.45) is -0.0853. The topological polar surface area (TPSA) is 69.4 Å². The lowest BCUT2D eigenvalue weighted by molar-refractivity contribution is -0.384. The average molecular weight is 338 g/mol. The lowest BCUT2D eigenvalue weighted by Crippen LogP contribution is -2.17. The van der Waals surface area contributed by atoms with Crippen LogP contribution in [0.5, 0.6) is 0 Å². The van der Waals surface area contributed by atoms with Gasteiger partial charge < -0.3 is 4.74 Å². The van der Waals surface area contributed by atoms with Gasteiger partial charge in [-0.05, 0) is 36.8 Å². The van der Waals surface area contributed by atoms with Crippen LogP contribution in [0.15, 0.2) is 42.5 Å². The highest BCUT2D eigenvalue weighted by atomic mass is 35.5. The summed E-state index contributed by atoms with van der Waals surface area (Å²) in [5.74, 6) is -1.09. The highest BCUT2D eigenvalue weighted by Gasteiger charge is 2.15. The SMILES string of the molecule is CC(Cc1ccc(F)c(Cl)c1)OC(=O)c1ccc([N+](=O)[O-])cc1. The number of hydrogen-bond donors (Lipinski definition) is 0. The number of nitro benzene ring substituents is 1. The molecule has 23 heavy (non-hydrogen) atoms. The molecule has 0 amide bonds. The Morgan fingerprint density at radius 3 is 2.52 bits per heavy atom. The minimum Gasteiger partial charge on any atom is -0.459 e. The van der Waals surface area contributed by atoms with E-state index in [9.17, 15) is 19.3 Å². The van der Waals surface area contributed by atoms with Crippen LogP contribution in [0.25, 0.3) is 0 Å². The summed E-state index contributed by atoms with van der Waals surface area (Å²) in [5.41, 5.74) is 0.857. The number of hydrogen-bond acceptors (Lipinski definition) is 4. The van der Waals surface area contributed by atoms with Crippen LogP contribution in [0.2, 0.25) is 5.02 Å². The molecular formula is C16H13ClFNO4. The third kappa shape index (κ3) is 4.50. The molecule has 0 radical (unpaired) electrons. The number of rotatable bonds is 5. The smallest absolute Gasteiger partial charge is 0.338 e. The molecule has 1 atom stereocenters. The zero-order valence-corrected chi connectivity index (χ0v) is 12.9. The van der Waals surface area contributed by atoms with Crippen LogP contribution in [-0.2, 0) is 11.2 Å². The van der Waals surface area contributed by atoms with Crippen molar-refractivity contribution in [3.63, 3.8) is 0 Å². The molecule has 7 heteroatoms. The number of ether oxygens (including phenoxy) is 1. The van der Waals surface area contributed by atoms with Crippen molar-refractivity contribution in [2.45, 2.75) is 19.4 Å². The number of carbonyl (C=O) groups is 1. The molecule has 2 aromatic rings. The Bertz CT molecular complexity index is 733. The first-order valence-electron chi connectivity index (χ1n) is 6.76. The summed E-state index contributed by atoms with van der Waals surface area (Å²) in [5, 5.41) is 10.6. The van der Waals surface area contributed by atoms with E-state index in [1.54, 1.807) is 13.0 Å². The Labute approximate surface area is 136 Å². The van der Waals surface area contributed by atoms with Gasteiger partial charge in [-0.25, -0.2) is 9.18 Å². The van der Waals surface area contributed by atoms with Crippen molar-refractivity contribution < 1.29 is 18.8 Å². The van der Waals surface area contributed by atoms with E-state index in [2.05, 4.69) is 0 Å². The lowest BCUT2D eigenvalue weighted by Gasteiger charge is -2.13. The molecular weight excluding hydrogens is 325 g/mol. The summed E-state index contributed by atoms with van der Waals surface area (Å²) < 4.78 is 18.4. The molecule has 0 saturated heterocycles. The molecule has 0 aliphatic heterocycles. The molecule has 0 N–H and O–H groups in total. The van der Waals surface area contributed by atoms with Crippen LogP contribution in [-0.4, -0.2) is 17.0 Å². The van der Waals surface area contributed by atoms with E-state index >= 15 is 0 Å². The Hall–Kier alpha value is -2.47. The van der Waals surface area contributed by atoms with Gasteiger partial charge in [0.05, 0.1) is 15.5 Å². The first-order chi connectivity index (χ1) is 10.9. The van der Waals surface area contributed by atoms with Crippen LogP contribution in [0.4, 0.5) is 10.1 Å². The predicted molar refractivity (Wildman–Crippen MR) is 83.1 cm³/mol. The number of halogens is 2. The monoisotopic (exact) mass is 337 g/mol. The van der Waals surface area contributed by atoms with Gasteiger partial charge in [-0.2, -0.15) is 0 Å². The summed E-state index contributed by atoms with van der Waals surface area (Å²) >= 11 is 5.70. The van der Waals surface area contributed by atoms with Crippen LogP contribution < -0.4 is 0 Å². The van der Waals surface area contributed by atoms with Gasteiger partial charge in [-0.1, -0.05) is 17.7 Å². The third-order valence-electron chi connectivity index (χ3n) is 3.13. The van der Waals surface area contributed by atoms with Crippen molar-refractivity contribution in [1.82, 2.24) is 0 Å². The number of nitro groups is 1. The molecule has 0 heterocycles. The van der Waals surface area contributed by atoms with Crippen molar-refractivity contribution in [3.05, 3.63) is 74.5 Å². The Morgan fingerprint density at radius 2 is 1.96 bits per heavy atom. The van der Waals surface area contributed by atoms with E-state index in [1.165, 1.54) is 36.4 Å². The van der Waals surface area contributed by atoms with E-state index in [0.717, 1.165) is 5.56 Å². The zero-order chi connectivity index (χ0) is 17.0. The zero-order valence-electron chi connectivity index (χ0n) is 12.2.